The first-order valence-corrected chi connectivity index (χ1v) is 10.1. The summed E-state index contributed by atoms with van der Waals surface area (Å²) in [4.78, 5) is 24.8. The van der Waals surface area contributed by atoms with Crippen LogP contribution in [0.5, 0.6) is 0 Å². The van der Waals surface area contributed by atoms with Gasteiger partial charge in [-0.2, -0.15) is 0 Å². The first-order chi connectivity index (χ1) is 12.4. The molecule has 26 heavy (non-hydrogen) atoms. The number of nitrogens with one attached hydrogen (secondary N) is 1. The number of esters is 1. The van der Waals surface area contributed by atoms with E-state index in [0.29, 0.717) is 27.8 Å². The Kier molecular flexibility index (Phi) is 4.91. The van der Waals surface area contributed by atoms with Crippen molar-refractivity contribution in [2.45, 2.75) is 45.1 Å². The van der Waals surface area contributed by atoms with Gasteiger partial charge >= 0.3 is 5.97 Å². The predicted octanol–water partition coefficient (Wildman–Crippen LogP) is 4.37. The maximum atomic E-state index is 12.7. The van der Waals surface area contributed by atoms with Crippen molar-refractivity contribution in [2.24, 2.45) is 23.2 Å². The van der Waals surface area contributed by atoms with Gasteiger partial charge in [0.2, 0.25) is 0 Å². The molecule has 6 heteroatoms. The Hall–Kier alpha value is -1.26. The molecule has 4 saturated carbocycles. The molecular formula is C20H23Cl2NO3. The van der Waals surface area contributed by atoms with Gasteiger partial charge in [-0.05, 0) is 74.0 Å². The zero-order valence-electron chi connectivity index (χ0n) is 14.6. The minimum atomic E-state index is -0.325. The van der Waals surface area contributed by atoms with Gasteiger partial charge in [-0.15, -0.1) is 0 Å². The molecule has 4 bridgehead atoms. The largest absolute Gasteiger partial charge is 0.455 e. The smallest absolute Gasteiger partial charge is 0.312 e. The number of benzene rings is 1. The average Bonchev–Trinajstić information content (AvgIpc) is 2.57. The highest BCUT2D eigenvalue weighted by atomic mass is 35.5. The Bertz CT molecular complexity index is 698. The number of amides is 1. The Morgan fingerprint density at radius 2 is 1.69 bits per heavy atom. The predicted molar refractivity (Wildman–Crippen MR) is 99.9 cm³/mol. The molecule has 1 aromatic rings. The minimum absolute atomic E-state index is 0.170. The first-order valence-electron chi connectivity index (χ1n) is 9.31. The van der Waals surface area contributed by atoms with Crippen molar-refractivity contribution >= 4 is 35.1 Å². The Morgan fingerprint density at radius 1 is 1.08 bits per heavy atom. The van der Waals surface area contributed by atoms with Gasteiger partial charge in [-0.1, -0.05) is 29.3 Å². The van der Waals surface area contributed by atoms with Crippen molar-refractivity contribution in [1.29, 1.82) is 0 Å². The van der Waals surface area contributed by atoms with Crippen molar-refractivity contribution in [3.63, 3.8) is 0 Å². The van der Waals surface area contributed by atoms with Crippen molar-refractivity contribution in [1.82, 2.24) is 5.32 Å². The molecule has 0 saturated heterocycles. The highest BCUT2D eigenvalue weighted by Crippen LogP contribution is 2.60. The van der Waals surface area contributed by atoms with E-state index in [1.807, 2.05) is 0 Å². The van der Waals surface area contributed by atoms with Gasteiger partial charge < -0.3 is 10.1 Å². The second-order valence-corrected chi connectivity index (χ2v) is 9.13. The number of hydrogen-bond donors (Lipinski definition) is 1. The highest BCUT2D eigenvalue weighted by molar-refractivity contribution is 6.35. The second-order valence-electron chi connectivity index (χ2n) is 8.29. The summed E-state index contributed by atoms with van der Waals surface area (Å²) in [5, 5.41) is 3.80. The van der Waals surface area contributed by atoms with Crippen molar-refractivity contribution in [3.05, 3.63) is 33.8 Å². The molecule has 4 fully saturated rings. The van der Waals surface area contributed by atoms with E-state index in [-0.39, 0.29) is 30.4 Å². The lowest BCUT2D eigenvalue weighted by Crippen LogP contribution is -2.51. The van der Waals surface area contributed by atoms with Crippen LogP contribution in [0.2, 0.25) is 10.0 Å². The molecule has 1 aromatic carbocycles. The topological polar surface area (TPSA) is 55.4 Å². The summed E-state index contributed by atoms with van der Waals surface area (Å²) in [5.41, 5.74) is 0.450. The van der Waals surface area contributed by atoms with Crippen LogP contribution in [0.1, 0.15) is 44.1 Å². The van der Waals surface area contributed by atoms with E-state index in [9.17, 15) is 9.59 Å². The van der Waals surface area contributed by atoms with E-state index in [2.05, 4.69) is 5.32 Å². The fraction of sp³-hybridized carbons (Fsp3) is 0.600. The van der Waals surface area contributed by atoms with Crippen LogP contribution in [0.15, 0.2) is 18.2 Å². The van der Waals surface area contributed by atoms with Crippen LogP contribution in [0, 0.1) is 23.2 Å². The van der Waals surface area contributed by atoms with Gasteiger partial charge in [0.1, 0.15) is 0 Å². The molecule has 0 aliphatic heterocycles. The quantitative estimate of drug-likeness (QED) is 0.752. The zero-order valence-corrected chi connectivity index (χ0v) is 16.1. The number of rotatable bonds is 5. The molecule has 0 heterocycles. The molecule has 0 atom stereocenters. The molecule has 4 aliphatic carbocycles. The highest BCUT2D eigenvalue weighted by Gasteiger charge is 2.55. The lowest BCUT2D eigenvalue weighted by Gasteiger charge is -2.55. The molecule has 5 rings (SSSR count). The van der Waals surface area contributed by atoms with Crippen LogP contribution >= 0.6 is 23.2 Å². The third-order valence-corrected chi connectivity index (χ3v) is 6.88. The molecule has 4 nitrogen and oxygen atoms in total. The summed E-state index contributed by atoms with van der Waals surface area (Å²) in [7, 11) is 0. The molecule has 0 spiro atoms. The maximum absolute atomic E-state index is 12.7. The van der Waals surface area contributed by atoms with Crippen LogP contribution in [-0.4, -0.2) is 18.5 Å². The number of ether oxygens (including phenoxy) is 1. The summed E-state index contributed by atoms with van der Waals surface area (Å²) in [6, 6.07) is 5.13. The number of halogens is 2. The number of carbonyl (C=O) groups is 2. The molecule has 0 aromatic heterocycles. The van der Waals surface area contributed by atoms with Crippen molar-refractivity contribution in [2.75, 3.05) is 6.61 Å². The van der Waals surface area contributed by atoms with E-state index < -0.39 is 0 Å². The van der Waals surface area contributed by atoms with Crippen LogP contribution in [0.25, 0.3) is 0 Å². The lowest BCUT2D eigenvalue weighted by molar-refractivity contribution is -0.173. The second kappa shape index (κ2) is 7.05. The normalized spacial score (nSPS) is 31.7. The minimum Gasteiger partial charge on any atom is -0.455 e. The third kappa shape index (κ3) is 3.59. The summed E-state index contributed by atoms with van der Waals surface area (Å²) in [6.07, 6.45) is 6.65. The molecule has 1 amide bonds. The average molecular weight is 396 g/mol. The monoisotopic (exact) mass is 395 g/mol. The molecule has 4 aliphatic rings. The van der Waals surface area contributed by atoms with E-state index in [1.165, 1.54) is 19.3 Å². The maximum Gasteiger partial charge on any atom is 0.312 e. The summed E-state index contributed by atoms with van der Waals surface area (Å²) in [6.45, 7) is 0.0511. The zero-order chi connectivity index (χ0) is 18.3. The summed E-state index contributed by atoms with van der Waals surface area (Å²) >= 11 is 12.0. The fourth-order valence-corrected chi connectivity index (χ4v) is 6.03. The Morgan fingerprint density at radius 3 is 2.27 bits per heavy atom. The Labute approximate surface area is 163 Å². The number of hydrogen-bond acceptors (Lipinski definition) is 3. The van der Waals surface area contributed by atoms with E-state index >= 15 is 0 Å². The van der Waals surface area contributed by atoms with Crippen LogP contribution in [0.4, 0.5) is 0 Å². The standard InChI is InChI=1S/C20H23Cl2NO3/c21-16-2-1-15(17(22)6-16)10-23-18(24)11-26-19(25)20-7-12-3-13(8-20)5-14(4-12)9-20/h1-2,6,12-14H,3-5,7-11H2,(H,23,24). The third-order valence-electron chi connectivity index (χ3n) is 6.30. The van der Waals surface area contributed by atoms with Crippen molar-refractivity contribution < 1.29 is 14.3 Å². The van der Waals surface area contributed by atoms with Gasteiger partial charge in [0.25, 0.3) is 5.91 Å². The lowest BCUT2D eigenvalue weighted by atomic mass is 9.49. The van der Waals surface area contributed by atoms with Gasteiger partial charge in [0, 0.05) is 16.6 Å². The van der Waals surface area contributed by atoms with E-state index in [0.717, 1.165) is 24.8 Å². The van der Waals surface area contributed by atoms with Crippen LogP contribution < -0.4 is 5.32 Å². The fourth-order valence-electron chi connectivity index (χ4n) is 5.55. The van der Waals surface area contributed by atoms with Crippen LogP contribution in [-0.2, 0) is 20.9 Å². The van der Waals surface area contributed by atoms with Gasteiger partial charge in [-0.3, -0.25) is 9.59 Å². The summed E-state index contributed by atoms with van der Waals surface area (Å²) < 4.78 is 5.42. The number of carbonyl (C=O) groups excluding carboxylic acids is 2. The molecular weight excluding hydrogens is 373 g/mol. The van der Waals surface area contributed by atoms with Gasteiger partial charge in [0.15, 0.2) is 6.61 Å². The molecule has 140 valence electrons. The molecule has 1 N–H and O–H groups in total. The van der Waals surface area contributed by atoms with E-state index in [1.54, 1.807) is 18.2 Å². The first kappa shape index (κ1) is 18.1. The Balaban J connectivity index is 1.28. The summed E-state index contributed by atoms with van der Waals surface area (Å²) in [5.74, 6) is 1.55. The molecule has 0 radical (unpaired) electrons. The van der Waals surface area contributed by atoms with Crippen molar-refractivity contribution in [3.8, 4) is 0 Å². The van der Waals surface area contributed by atoms with Gasteiger partial charge in [-0.25, -0.2) is 0 Å². The van der Waals surface area contributed by atoms with Gasteiger partial charge in [0.05, 0.1) is 5.41 Å². The SMILES string of the molecule is O=C(COC(=O)C12CC3CC(CC(C3)C1)C2)NCc1ccc(Cl)cc1Cl. The molecule has 0 unspecified atom stereocenters. The van der Waals surface area contributed by atoms with Crippen LogP contribution in [0.3, 0.4) is 0 Å². The van der Waals surface area contributed by atoms with E-state index in [4.69, 9.17) is 27.9 Å².